The third-order valence-corrected chi connectivity index (χ3v) is 2.86. The Hall–Kier alpha value is -2.18. The van der Waals surface area contributed by atoms with Gasteiger partial charge in [0.05, 0.1) is 13.0 Å². The Balaban J connectivity index is 2.93. The maximum absolute atomic E-state index is 12.4. The summed E-state index contributed by atoms with van der Waals surface area (Å²) in [5.74, 6) is -1.06. The minimum absolute atomic E-state index is 0.0786. The minimum Gasteiger partial charge on any atom is -0.481 e. The SMILES string of the molecule is Cc1ccc(N(CCC(=O)O)C(=O)N(C)CC(F)F)cc1. The van der Waals surface area contributed by atoms with Gasteiger partial charge in [-0.15, -0.1) is 0 Å². The molecule has 2 amide bonds. The molecule has 116 valence electrons. The highest BCUT2D eigenvalue weighted by Crippen LogP contribution is 2.17. The van der Waals surface area contributed by atoms with E-state index in [1.54, 1.807) is 24.3 Å². The lowest BCUT2D eigenvalue weighted by Gasteiger charge is -2.28. The summed E-state index contributed by atoms with van der Waals surface area (Å²) in [5.41, 5.74) is 1.46. The summed E-state index contributed by atoms with van der Waals surface area (Å²) in [7, 11) is 1.26. The van der Waals surface area contributed by atoms with Crippen LogP contribution < -0.4 is 4.90 Å². The number of carbonyl (C=O) groups is 2. The van der Waals surface area contributed by atoms with Crippen molar-refractivity contribution in [3.8, 4) is 0 Å². The van der Waals surface area contributed by atoms with Gasteiger partial charge in [0.1, 0.15) is 0 Å². The van der Waals surface area contributed by atoms with Gasteiger partial charge in [0.15, 0.2) is 0 Å². The third kappa shape index (κ3) is 5.37. The second-order valence-electron chi connectivity index (χ2n) is 4.69. The highest BCUT2D eigenvalue weighted by molar-refractivity contribution is 5.92. The van der Waals surface area contributed by atoms with Crippen LogP contribution in [0.15, 0.2) is 24.3 Å². The summed E-state index contributed by atoms with van der Waals surface area (Å²) in [5, 5.41) is 8.75. The smallest absolute Gasteiger partial charge is 0.324 e. The zero-order chi connectivity index (χ0) is 16.0. The van der Waals surface area contributed by atoms with E-state index >= 15 is 0 Å². The van der Waals surface area contributed by atoms with Gasteiger partial charge in [-0.25, -0.2) is 13.6 Å². The lowest BCUT2D eigenvalue weighted by atomic mass is 10.2. The first-order chi connectivity index (χ1) is 9.81. The number of hydrogen-bond acceptors (Lipinski definition) is 2. The number of hydrogen-bond donors (Lipinski definition) is 1. The molecule has 0 spiro atoms. The number of amides is 2. The summed E-state index contributed by atoms with van der Waals surface area (Å²) >= 11 is 0. The van der Waals surface area contributed by atoms with Gasteiger partial charge in [0, 0.05) is 19.3 Å². The molecular weight excluding hydrogens is 282 g/mol. The molecule has 0 saturated carbocycles. The molecule has 5 nitrogen and oxygen atoms in total. The Bertz CT molecular complexity index is 491. The van der Waals surface area contributed by atoms with Crippen LogP contribution in [0.1, 0.15) is 12.0 Å². The van der Waals surface area contributed by atoms with Crippen molar-refractivity contribution in [3.63, 3.8) is 0 Å². The fourth-order valence-corrected chi connectivity index (χ4v) is 1.76. The van der Waals surface area contributed by atoms with Crippen molar-refractivity contribution in [2.24, 2.45) is 0 Å². The first-order valence-corrected chi connectivity index (χ1v) is 6.40. The zero-order valence-electron chi connectivity index (χ0n) is 11.9. The van der Waals surface area contributed by atoms with Crippen molar-refractivity contribution in [1.29, 1.82) is 0 Å². The number of alkyl halides is 2. The predicted octanol–water partition coefficient (Wildman–Crippen LogP) is 2.59. The Morgan fingerprint density at radius 2 is 1.81 bits per heavy atom. The van der Waals surface area contributed by atoms with Crippen LogP contribution in [0.3, 0.4) is 0 Å². The van der Waals surface area contributed by atoms with Crippen molar-refractivity contribution in [1.82, 2.24) is 4.90 Å². The second-order valence-corrected chi connectivity index (χ2v) is 4.69. The molecule has 7 heteroatoms. The number of nitrogens with zero attached hydrogens (tertiary/aromatic N) is 2. The number of anilines is 1. The van der Waals surface area contributed by atoms with E-state index in [2.05, 4.69) is 0 Å². The first kappa shape index (κ1) is 16.9. The van der Waals surface area contributed by atoms with Gasteiger partial charge in [0.25, 0.3) is 6.43 Å². The Kier molecular flexibility index (Phi) is 6.08. The normalized spacial score (nSPS) is 10.5. The van der Waals surface area contributed by atoms with Gasteiger partial charge >= 0.3 is 12.0 Å². The molecule has 21 heavy (non-hydrogen) atoms. The Labute approximate surface area is 121 Å². The fraction of sp³-hybridized carbons (Fsp3) is 0.429. The quantitative estimate of drug-likeness (QED) is 0.878. The topological polar surface area (TPSA) is 60.9 Å². The molecule has 1 rings (SSSR count). The maximum Gasteiger partial charge on any atom is 0.324 e. The number of halogens is 2. The van der Waals surface area contributed by atoms with Gasteiger partial charge in [-0.05, 0) is 19.1 Å². The molecule has 0 fully saturated rings. The summed E-state index contributed by atoms with van der Waals surface area (Å²) in [6.45, 7) is 1.09. The lowest BCUT2D eigenvalue weighted by molar-refractivity contribution is -0.136. The average Bonchev–Trinajstić information content (AvgIpc) is 2.39. The number of aryl methyl sites for hydroxylation is 1. The van der Waals surface area contributed by atoms with Gasteiger partial charge < -0.3 is 10.0 Å². The Morgan fingerprint density at radius 1 is 1.24 bits per heavy atom. The van der Waals surface area contributed by atoms with E-state index in [4.69, 9.17) is 5.11 Å². The number of benzene rings is 1. The molecule has 0 aromatic heterocycles. The van der Waals surface area contributed by atoms with E-state index in [-0.39, 0.29) is 13.0 Å². The summed E-state index contributed by atoms with van der Waals surface area (Å²) < 4.78 is 24.7. The van der Waals surface area contributed by atoms with E-state index in [0.717, 1.165) is 10.5 Å². The van der Waals surface area contributed by atoms with E-state index < -0.39 is 25.0 Å². The molecule has 0 aliphatic heterocycles. The van der Waals surface area contributed by atoms with Crippen molar-refractivity contribution in [2.45, 2.75) is 19.8 Å². The zero-order valence-corrected chi connectivity index (χ0v) is 11.9. The van der Waals surface area contributed by atoms with Crippen LogP contribution in [-0.4, -0.2) is 48.6 Å². The predicted molar refractivity (Wildman–Crippen MR) is 74.8 cm³/mol. The van der Waals surface area contributed by atoms with Gasteiger partial charge in [-0.1, -0.05) is 17.7 Å². The van der Waals surface area contributed by atoms with Crippen LogP contribution >= 0.6 is 0 Å². The van der Waals surface area contributed by atoms with Gasteiger partial charge in [-0.2, -0.15) is 0 Å². The van der Waals surface area contributed by atoms with Crippen molar-refractivity contribution in [3.05, 3.63) is 29.8 Å². The third-order valence-electron chi connectivity index (χ3n) is 2.86. The minimum atomic E-state index is -2.64. The molecule has 0 heterocycles. The highest BCUT2D eigenvalue weighted by Gasteiger charge is 2.22. The molecule has 1 N–H and O–H groups in total. The molecular formula is C14H18F2N2O3. The van der Waals surface area contributed by atoms with E-state index in [9.17, 15) is 18.4 Å². The summed E-state index contributed by atoms with van der Waals surface area (Å²) in [4.78, 5) is 25.0. The molecule has 0 unspecified atom stereocenters. The van der Waals surface area contributed by atoms with Crippen LogP contribution in [0, 0.1) is 6.92 Å². The number of rotatable bonds is 6. The van der Waals surface area contributed by atoms with Crippen LogP contribution in [0.4, 0.5) is 19.3 Å². The lowest BCUT2D eigenvalue weighted by Crippen LogP contribution is -2.44. The van der Waals surface area contributed by atoms with Crippen LogP contribution in [0.25, 0.3) is 0 Å². The van der Waals surface area contributed by atoms with E-state index in [1.807, 2.05) is 6.92 Å². The van der Waals surface area contributed by atoms with Crippen molar-refractivity contribution in [2.75, 3.05) is 25.0 Å². The van der Waals surface area contributed by atoms with Crippen molar-refractivity contribution >= 4 is 17.7 Å². The summed E-state index contributed by atoms with van der Waals surface area (Å²) in [6.07, 6.45) is -2.90. The molecule has 0 bridgehead atoms. The standard InChI is InChI=1S/C14H18F2N2O3/c1-10-3-5-11(6-4-10)18(8-7-13(19)20)14(21)17(2)9-12(15)16/h3-6,12H,7-9H2,1-2H3,(H,19,20). The van der Waals surface area contributed by atoms with Gasteiger partial charge in [0.2, 0.25) is 0 Å². The summed E-state index contributed by atoms with van der Waals surface area (Å²) in [6, 6.07) is 6.20. The second kappa shape index (κ2) is 7.56. The average molecular weight is 300 g/mol. The monoisotopic (exact) mass is 300 g/mol. The molecule has 0 saturated heterocycles. The number of aliphatic carboxylic acids is 1. The maximum atomic E-state index is 12.4. The molecule has 1 aromatic carbocycles. The molecule has 1 aromatic rings. The van der Waals surface area contributed by atoms with Crippen LogP contribution in [0.2, 0.25) is 0 Å². The number of carboxylic acids is 1. The fourth-order valence-electron chi connectivity index (χ4n) is 1.76. The van der Waals surface area contributed by atoms with E-state index in [0.29, 0.717) is 5.69 Å². The van der Waals surface area contributed by atoms with Gasteiger partial charge in [-0.3, -0.25) is 9.69 Å². The molecule has 0 radical (unpaired) electrons. The molecule has 0 aliphatic carbocycles. The highest BCUT2D eigenvalue weighted by atomic mass is 19.3. The van der Waals surface area contributed by atoms with E-state index in [1.165, 1.54) is 11.9 Å². The first-order valence-electron chi connectivity index (χ1n) is 6.40. The number of carbonyl (C=O) groups excluding carboxylic acids is 1. The van der Waals surface area contributed by atoms with Crippen LogP contribution in [-0.2, 0) is 4.79 Å². The largest absolute Gasteiger partial charge is 0.481 e. The number of urea groups is 1. The van der Waals surface area contributed by atoms with Crippen LogP contribution in [0.5, 0.6) is 0 Å². The molecule has 0 aliphatic rings. The molecule has 0 atom stereocenters. The number of carboxylic acid groups (broad SMARTS) is 1. The Morgan fingerprint density at radius 3 is 2.29 bits per heavy atom. The van der Waals surface area contributed by atoms with Crippen molar-refractivity contribution < 1.29 is 23.5 Å².